The Bertz CT molecular complexity index is 498. The zero-order valence-electron chi connectivity index (χ0n) is 11.9. The number of urea groups is 1. The van der Waals surface area contributed by atoms with Crippen molar-refractivity contribution in [2.75, 3.05) is 32.1 Å². The highest BCUT2D eigenvalue weighted by molar-refractivity contribution is 8.14. The lowest BCUT2D eigenvalue weighted by Gasteiger charge is -2.29. The van der Waals surface area contributed by atoms with E-state index in [0.29, 0.717) is 32.1 Å². The highest BCUT2D eigenvalue weighted by atomic mass is 32.2. The van der Waals surface area contributed by atoms with Gasteiger partial charge in [-0.1, -0.05) is 18.2 Å². The van der Waals surface area contributed by atoms with Crippen LogP contribution in [0.2, 0.25) is 0 Å². The van der Waals surface area contributed by atoms with Crippen molar-refractivity contribution in [3.63, 3.8) is 0 Å². The molecule has 0 aromatic heterocycles. The van der Waals surface area contributed by atoms with E-state index in [1.54, 1.807) is 0 Å². The molecule has 1 aliphatic carbocycles. The third-order valence-electron chi connectivity index (χ3n) is 4.03. The number of aliphatic imine (C=N–C) groups is 2. The van der Waals surface area contributed by atoms with Gasteiger partial charge in [-0.3, -0.25) is 4.79 Å². The van der Waals surface area contributed by atoms with Crippen LogP contribution < -0.4 is 0 Å². The molecule has 7 heteroatoms. The Morgan fingerprint density at radius 1 is 1.29 bits per heavy atom. The monoisotopic (exact) mass is 309 g/mol. The number of hydrogen-bond donors (Lipinski definition) is 0. The molecule has 0 aromatic rings. The molecular formula is C14H19N3O3S. The molecule has 1 saturated heterocycles. The Balaban J connectivity index is 1.58. The van der Waals surface area contributed by atoms with E-state index in [1.807, 2.05) is 4.90 Å². The van der Waals surface area contributed by atoms with Crippen molar-refractivity contribution in [2.24, 2.45) is 15.9 Å². The Hall–Kier alpha value is -1.21. The number of amides is 3. The molecule has 3 rings (SSSR count). The van der Waals surface area contributed by atoms with Gasteiger partial charge in [-0.05, 0) is 19.3 Å². The molecule has 2 fully saturated rings. The van der Waals surface area contributed by atoms with Gasteiger partial charge in [-0.2, -0.15) is 4.99 Å². The maximum absolute atomic E-state index is 12.2. The van der Waals surface area contributed by atoms with Crippen LogP contribution in [0.15, 0.2) is 9.98 Å². The number of thioether (sulfide) groups is 1. The quantitative estimate of drug-likeness (QED) is 0.779. The van der Waals surface area contributed by atoms with Gasteiger partial charge in [0.05, 0.1) is 24.0 Å². The lowest BCUT2D eigenvalue weighted by Crippen LogP contribution is -2.42. The van der Waals surface area contributed by atoms with Crippen molar-refractivity contribution in [1.29, 1.82) is 0 Å². The van der Waals surface area contributed by atoms with Crippen molar-refractivity contribution < 1.29 is 14.3 Å². The average molecular weight is 309 g/mol. The number of rotatable bonds is 2. The van der Waals surface area contributed by atoms with E-state index in [-0.39, 0.29) is 11.8 Å². The summed E-state index contributed by atoms with van der Waals surface area (Å²) in [6.07, 6.45) is 4.10. The summed E-state index contributed by atoms with van der Waals surface area (Å²) in [4.78, 5) is 33.6. The second-order valence-corrected chi connectivity index (χ2v) is 6.41. The van der Waals surface area contributed by atoms with Crippen molar-refractivity contribution in [1.82, 2.24) is 4.90 Å². The van der Waals surface area contributed by atoms with Crippen LogP contribution in [0.3, 0.4) is 0 Å². The molecule has 0 spiro atoms. The maximum Gasteiger partial charge on any atom is 0.367 e. The van der Waals surface area contributed by atoms with Crippen LogP contribution in [0.1, 0.15) is 25.7 Å². The SMILES string of the molecule is O=C1N=C2CCCCC2C(SCC(=O)N2CCOCC2)=N1. The summed E-state index contributed by atoms with van der Waals surface area (Å²) in [7, 11) is 0. The predicted molar refractivity (Wildman–Crippen MR) is 82.1 cm³/mol. The molecule has 1 unspecified atom stereocenters. The molecule has 0 N–H and O–H groups in total. The minimum absolute atomic E-state index is 0.0957. The van der Waals surface area contributed by atoms with Crippen molar-refractivity contribution in [3.8, 4) is 0 Å². The molecule has 2 aliphatic heterocycles. The minimum Gasteiger partial charge on any atom is -0.378 e. The number of nitrogens with zero attached hydrogens (tertiary/aromatic N) is 3. The summed E-state index contributed by atoms with van der Waals surface area (Å²) in [5, 5.41) is 0.784. The Labute approximate surface area is 128 Å². The van der Waals surface area contributed by atoms with Crippen LogP contribution in [0, 0.1) is 5.92 Å². The number of ether oxygens (including phenoxy) is 1. The van der Waals surface area contributed by atoms with E-state index in [2.05, 4.69) is 9.98 Å². The molecule has 21 heavy (non-hydrogen) atoms. The third kappa shape index (κ3) is 3.52. The summed E-state index contributed by atoms with van der Waals surface area (Å²) in [5.41, 5.74) is 0.961. The largest absolute Gasteiger partial charge is 0.378 e. The van der Waals surface area contributed by atoms with Crippen LogP contribution in [0.4, 0.5) is 4.79 Å². The average Bonchev–Trinajstić information content (AvgIpc) is 2.53. The molecule has 6 nitrogen and oxygen atoms in total. The van der Waals surface area contributed by atoms with Gasteiger partial charge < -0.3 is 9.64 Å². The first-order valence-electron chi connectivity index (χ1n) is 7.42. The van der Waals surface area contributed by atoms with E-state index in [1.165, 1.54) is 11.8 Å². The van der Waals surface area contributed by atoms with Gasteiger partial charge in [0.25, 0.3) is 0 Å². The maximum atomic E-state index is 12.2. The first kappa shape index (κ1) is 14.7. The van der Waals surface area contributed by atoms with E-state index in [0.717, 1.165) is 36.4 Å². The van der Waals surface area contributed by atoms with Gasteiger partial charge in [0, 0.05) is 24.7 Å². The zero-order valence-corrected chi connectivity index (χ0v) is 12.7. The summed E-state index contributed by atoms with van der Waals surface area (Å²) in [5.74, 6) is 0.604. The first-order chi connectivity index (χ1) is 10.2. The number of hydrogen-bond acceptors (Lipinski definition) is 4. The number of fused-ring (bicyclic) bond motifs is 1. The number of morpholine rings is 1. The highest BCUT2D eigenvalue weighted by Crippen LogP contribution is 2.30. The van der Waals surface area contributed by atoms with Crippen molar-refractivity contribution in [3.05, 3.63) is 0 Å². The molecular weight excluding hydrogens is 290 g/mol. The second-order valence-electron chi connectivity index (χ2n) is 5.42. The summed E-state index contributed by atoms with van der Waals surface area (Å²) in [6, 6.07) is -0.413. The van der Waals surface area contributed by atoms with E-state index < -0.39 is 6.03 Å². The highest BCUT2D eigenvalue weighted by Gasteiger charge is 2.31. The Kier molecular flexibility index (Phi) is 4.70. The van der Waals surface area contributed by atoms with Crippen molar-refractivity contribution in [2.45, 2.75) is 25.7 Å². The Morgan fingerprint density at radius 2 is 2.10 bits per heavy atom. The van der Waals surface area contributed by atoms with E-state index in [4.69, 9.17) is 4.74 Å². The molecule has 3 amide bonds. The number of carbonyl (C=O) groups is 2. The third-order valence-corrected chi connectivity index (χ3v) is 5.09. The van der Waals surface area contributed by atoms with Crippen LogP contribution in [0.25, 0.3) is 0 Å². The van der Waals surface area contributed by atoms with Gasteiger partial charge >= 0.3 is 6.03 Å². The summed E-state index contributed by atoms with van der Waals surface area (Å²) < 4.78 is 5.24. The van der Waals surface area contributed by atoms with Gasteiger partial charge in [0.1, 0.15) is 0 Å². The molecule has 2 heterocycles. The Morgan fingerprint density at radius 3 is 2.90 bits per heavy atom. The fourth-order valence-corrected chi connectivity index (χ4v) is 3.94. The molecule has 114 valence electrons. The molecule has 0 bridgehead atoms. The minimum atomic E-state index is -0.413. The van der Waals surface area contributed by atoms with Crippen LogP contribution >= 0.6 is 11.8 Å². The standard InChI is InChI=1S/C14H19N3O3S/c18-12(17-5-7-20-8-6-17)9-21-13-10-3-1-2-4-11(10)15-14(19)16-13/h10H,1-9H2. The van der Waals surface area contributed by atoms with Crippen LogP contribution in [-0.2, 0) is 9.53 Å². The fraction of sp³-hybridized carbons (Fsp3) is 0.714. The van der Waals surface area contributed by atoms with Gasteiger partial charge in [0.15, 0.2) is 0 Å². The van der Waals surface area contributed by atoms with Gasteiger partial charge in [0.2, 0.25) is 5.91 Å². The van der Waals surface area contributed by atoms with E-state index >= 15 is 0 Å². The summed E-state index contributed by atoms with van der Waals surface area (Å²) >= 11 is 1.40. The topological polar surface area (TPSA) is 71.3 Å². The predicted octanol–water partition coefficient (Wildman–Crippen LogP) is 1.74. The molecule has 1 atom stereocenters. The summed E-state index contributed by atoms with van der Waals surface area (Å²) in [6.45, 7) is 2.52. The van der Waals surface area contributed by atoms with Crippen LogP contribution in [-0.4, -0.2) is 59.6 Å². The van der Waals surface area contributed by atoms with Gasteiger partial charge in [-0.15, -0.1) is 0 Å². The normalized spacial score (nSPS) is 26.0. The lowest BCUT2D eigenvalue weighted by atomic mass is 9.87. The fourth-order valence-electron chi connectivity index (χ4n) is 2.89. The van der Waals surface area contributed by atoms with Crippen molar-refractivity contribution >= 4 is 34.5 Å². The smallest absolute Gasteiger partial charge is 0.367 e. The molecule has 0 aromatic carbocycles. The van der Waals surface area contributed by atoms with Crippen LogP contribution in [0.5, 0.6) is 0 Å². The number of carbonyl (C=O) groups excluding carboxylic acids is 2. The molecule has 3 aliphatic rings. The molecule has 1 saturated carbocycles. The zero-order chi connectivity index (χ0) is 14.7. The molecule has 0 radical (unpaired) electrons. The van der Waals surface area contributed by atoms with E-state index in [9.17, 15) is 9.59 Å². The first-order valence-corrected chi connectivity index (χ1v) is 8.41. The lowest BCUT2D eigenvalue weighted by molar-refractivity contribution is -0.132. The second kappa shape index (κ2) is 6.70. The van der Waals surface area contributed by atoms with Gasteiger partial charge in [-0.25, -0.2) is 9.79 Å².